The molecule has 2 unspecified atom stereocenters. The first-order valence-electron chi connectivity index (χ1n) is 3.51. The molecule has 1 nitrogen and oxygen atoms in total. The van der Waals surface area contributed by atoms with Crippen LogP contribution in [-0.4, -0.2) is 11.7 Å². The molecule has 0 aromatic carbocycles. The largest absolute Gasteiger partial charge is 0.396 e. The van der Waals surface area contributed by atoms with Crippen LogP contribution in [0.2, 0.25) is 0 Å². The van der Waals surface area contributed by atoms with Crippen LogP contribution < -0.4 is 0 Å². The van der Waals surface area contributed by atoms with Crippen molar-refractivity contribution in [1.82, 2.24) is 0 Å². The van der Waals surface area contributed by atoms with E-state index in [-0.39, 0.29) is 0 Å². The van der Waals surface area contributed by atoms with Crippen LogP contribution in [0.1, 0.15) is 19.3 Å². The first-order valence-corrected chi connectivity index (χ1v) is 3.51. The van der Waals surface area contributed by atoms with Crippen molar-refractivity contribution in [2.45, 2.75) is 19.3 Å². The maximum Gasteiger partial charge on any atom is 0.0459 e. The van der Waals surface area contributed by atoms with Gasteiger partial charge < -0.3 is 5.11 Å². The molecule has 0 spiro atoms. The van der Waals surface area contributed by atoms with E-state index in [0.717, 1.165) is 11.8 Å². The summed E-state index contributed by atoms with van der Waals surface area (Å²) in [5.41, 5.74) is 0. The Morgan fingerprint density at radius 1 is 1.12 bits per heavy atom. The second-order valence-corrected chi connectivity index (χ2v) is 3.28. The molecule has 2 saturated carbocycles. The van der Waals surface area contributed by atoms with Crippen molar-refractivity contribution in [2.24, 2.45) is 17.8 Å². The van der Waals surface area contributed by atoms with Gasteiger partial charge in [-0.25, -0.2) is 0 Å². The summed E-state index contributed by atoms with van der Waals surface area (Å²) in [6.45, 7) is 0.438. The van der Waals surface area contributed by atoms with Gasteiger partial charge in [-0.15, -0.1) is 0 Å². The first kappa shape index (κ1) is 4.80. The van der Waals surface area contributed by atoms with Crippen molar-refractivity contribution in [3.63, 3.8) is 0 Å². The van der Waals surface area contributed by atoms with Gasteiger partial charge in [0.05, 0.1) is 0 Å². The highest BCUT2D eigenvalue weighted by Gasteiger charge is 2.45. The number of aliphatic hydroxyl groups is 1. The predicted octanol–water partition coefficient (Wildman–Crippen LogP) is 1.02. The SMILES string of the molecule is OCC1CC2CC2C1. The summed E-state index contributed by atoms with van der Waals surface area (Å²) in [5.74, 6) is 2.75. The molecule has 1 N–H and O–H groups in total. The maximum atomic E-state index is 8.70. The van der Waals surface area contributed by atoms with Crippen molar-refractivity contribution in [3.05, 3.63) is 0 Å². The Morgan fingerprint density at radius 2 is 1.75 bits per heavy atom. The molecule has 8 heavy (non-hydrogen) atoms. The third kappa shape index (κ3) is 0.576. The van der Waals surface area contributed by atoms with Crippen molar-refractivity contribution >= 4 is 0 Å². The highest BCUT2D eigenvalue weighted by Crippen LogP contribution is 2.53. The molecule has 0 heterocycles. The molecule has 2 aliphatic carbocycles. The third-order valence-corrected chi connectivity index (χ3v) is 2.60. The fourth-order valence-corrected chi connectivity index (χ4v) is 1.99. The van der Waals surface area contributed by atoms with E-state index in [2.05, 4.69) is 0 Å². The van der Waals surface area contributed by atoms with Crippen molar-refractivity contribution in [1.29, 1.82) is 0 Å². The molecule has 1 heteroatoms. The molecular weight excluding hydrogens is 100 g/mol. The standard InChI is InChI=1S/C7H12O/c8-4-5-1-6-3-7(6)2-5/h5-8H,1-4H2. The van der Waals surface area contributed by atoms with Gasteiger partial charge in [0, 0.05) is 6.61 Å². The summed E-state index contributed by atoms with van der Waals surface area (Å²) in [4.78, 5) is 0. The summed E-state index contributed by atoms with van der Waals surface area (Å²) < 4.78 is 0. The lowest BCUT2D eigenvalue weighted by Crippen LogP contribution is -2.01. The molecule has 0 bridgehead atoms. The lowest BCUT2D eigenvalue weighted by molar-refractivity contribution is 0.220. The van der Waals surface area contributed by atoms with Gasteiger partial charge in [-0.3, -0.25) is 0 Å². The van der Waals surface area contributed by atoms with Crippen molar-refractivity contribution in [3.8, 4) is 0 Å². The van der Waals surface area contributed by atoms with Gasteiger partial charge in [0.2, 0.25) is 0 Å². The number of rotatable bonds is 1. The average molecular weight is 112 g/mol. The van der Waals surface area contributed by atoms with Crippen LogP contribution in [0.3, 0.4) is 0 Å². The van der Waals surface area contributed by atoms with Crippen molar-refractivity contribution < 1.29 is 5.11 Å². The smallest absolute Gasteiger partial charge is 0.0459 e. The fraction of sp³-hybridized carbons (Fsp3) is 1.00. The van der Waals surface area contributed by atoms with Gasteiger partial charge in [-0.05, 0) is 37.0 Å². The molecule has 0 saturated heterocycles. The molecular formula is C7H12O. The van der Waals surface area contributed by atoms with Crippen LogP contribution in [0.5, 0.6) is 0 Å². The summed E-state index contributed by atoms with van der Waals surface area (Å²) in [6.07, 6.45) is 4.11. The Hall–Kier alpha value is -0.0400. The maximum absolute atomic E-state index is 8.70. The molecule has 2 atom stereocenters. The van der Waals surface area contributed by atoms with E-state index in [9.17, 15) is 0 Å². The van der Waals surface area contributed by atoms with Crippen LogP contribution in [0.25, 0.3) is 0 Å². The van der Waals surface area contributed by atoms with Gasteiger partial charge in [-0.2, -0.15) is 0 Å². The number of hydrogen-bond acceptors (Lipinski definition) is 1. The summed E-state index contributed by atoms with van der Waals surface area (Å²) in [7, 11) is 0. The topological polar surface area (TPSA) is 20.2 Å². The Morgan fingerprint density at radius 3 is 2.12 bits per heavy atom. The van der Waals surface area contributed by atoms with Crippen LogP contribution in [0, 0.1) is 17.8 Å². The Balaban J connectivity index is 1.89. The molecule has 46 valence electrons. The zero-order chi connectivity index (χ0) is 5.56. The summed E-state index contributed by atoms with van der Waals surface area (Å²) >= 11 is 0. The van der Waals surface area contributed by atoms with E-state index < -0.39 is 0 Å². The lowest BCUT2D eigenvalue weighted by atomic mass is 10.1. The highest BCUT2D eigenvalue weighted by atomic mass is 16.3. The van der Waals surface area contributed by atoms with E-state index in [1.807, 2.05) is 0 Å². The molecule has 2 aliphatic rings. The second-order valence-electron chi connectivity index (χ2n) is 3.28. The molecule has 0 amide bonds. The first-order chi connectivity index (χ1) is 3.90. The van der Waals surface area contributed by atoms with Gasteiger partial charge in [0.1, 0.15) is 0 Å². The summed E-state index contributed by atoms with van der Waals surface area (Å²) in [6, 6.07) is 0. The van der Waals surface area contributed by atoms with E-state index in [1.54, 1.807) is 0 Å². The summed E-state index contributed by atoms with van der Waals surface area (Å²) in [5, 5.41) is 8.70. The van der Waals surface area contributed by atoms with Crippen molar-refractivity contribution in [2.75, 3.05) is 6.61 Å². The minimum Gasteiger partial charge on any atom is -0.396 e. The van der Waals surface area contributed by atoms with Gasteiger partial charge in [0.25, 0.3) is 0 Å². The Labute approximate surface area is 49.7 Å². The van der Waals surface area contributed by atoms with Crippen LogP contribution >= 0.6 is 0 Å². The second kappa shape index (κ2) is 1.47. The number of hydrogen-bond donors (Lipinski definition) is 1. The van der Waals surface area contributed by atoms with Crippen LogP contribution in [0.15, 0.2) is 0 Å². The Bertz CT molecular complexity index is 90.6. The van der Waals surface area contributed by atoms with E-state index in [0.29, 0.717) is 12.5 Å². The van der Waals surface area contributed by atoms with E-state index >= 15 is 0 Å². The quantitative estimate of drug-likeness (QED) is 0.537. The molecule has 0 aliphatic heterocycles. The average Bonchev–Trinajstić information content (AvgIpc) is 2.40. The third-order valence-electron chi connectivity index (χ3n) is 2.60. The number of aliphatic hydroxyl groups excluding tert-OH is 1. The van der Waals surface area contributed by atoms with Gasteiger partial charge >= 0.3 is 0 Å². The minimum atomic E-state index is 0.438. The molecule has 2 rings (SSSR count). The minimum absolute atomic E-state index is 0.438. The van der Waals surface area contributed by atoms with Crippen LogP contribution in [-0.2, 0) is 0 Å². The molecule has 2 fully saturated rings. The monoisotopic (exact) mass is 112 g/mol. The van der Waals surface area contributed by atoms with Crippen LogP contribution in [0.4, 0.5) is 0 Å². The molecule has 0 aromatic heterocycles. The zero-order valence-electron chi connectivity index (χ0n) is 5.01. The molecule has 0 aromatic rings. The van der Waals surface area contributed by atoms with Gasteiger partial charge in [0.15, 0.2) is 0 Å². The normalized spacial score (nSPS) is 51.4. The Kier molecular flexibility index (Phi) is 0.884. The van der Waals surface area contributed by atoms with E-state index in [1.165, 1.54) is 19.3 Å². The highest BCUT2D eigenvalue weighted by molar-refractivity contribution is 4.95. The van der Waals surface area contributed by atoms with E-state index in [4.69, 9.17) is 5.11 Å². The number of fused-ring (bicyclic) bond motifs is 1. The lowest BCUT2D eigenvalue weighted by Gasteiger charge is -2.04. The predicted molar refractivity (Wildman–Crippen MR) is 31.4 cm³/mol. The zero-order valence-corrected chi connectivity index (χ0v) is 5.01. The molecule has 0 radical (unpaired) electrons. The fourth-order valence-electron chi connectivity index (χ4n) is 1.99. The van der Waals surface area contributed by atoms with Gasteiger partial charge in [-0.1, -0.05) is 0 Å².